The van der Waals surface area contributed by atoms with Crippen LogP contribution in [-0.2, 0) is 7.05 Å². The maximum absolute atomic E-state index is 15.7. The second-order valence-corrected chi connectivity index (χ2v) is 10.2. The van der Waals surface area contributed by atoms with Crippen LogP contribution in [-0.4, -0.2) is 66.5 Å². The first-order valence-corrected chi connectivity index (χ1v) is 13.1. The SMILES string of the molecule is Cn1nnc2cc(-c3c(-c4ccc(C#N)c(F)c4)nc4c(N5CCC[C@@H](N6CCC6)C5)nccn34)c(F)cc21. The van der Waals surface area contributed by atoms with Crippen LogP contribution in [0.4, 0.5) is 14.6 Å². The fourth-order valence-corrected chi connectivity index (χ4v) is 5.79. The lowest BCUT2D eigenvalue weighted by molar-refractivity contribution is 0.106. The molecule has 0 saturated carbocycles. The summed E-state index contributed by atoms with van der Waals surface area (Å²) < 4.78 is 33.8. The molecule has 3 aromatic heterocycles. The van der Waals surface area contributed by atoms with Crippen LogP contribution in [0.25, 0.3) is 39.2 Å². The van der Waals surface area contributed by atoms with E-state index in [2.05, 4.69) is 20.1 Å². The summed E-state index contributed by atoms with van der Waals surface area (Å²) in [5.41, 5.74) is 3.15. The van der Waals surface area contributed by atoms with Gasteiger partial charge in [-0.2, -0.15) is 5.26 Å². The van der Waals surface area contributed by atoms with Crippen molar-refractivity contribution in [2.24, 2.45) is 7.05 Å². The normalized spacial score (nSPS) is 18.0. The van der Waals surface area contributed by atoms with Crippen molar-refractivity contribution in [1.82, 2.24) is 34.3 Å². The molecule has 2 saturated heterocycles. The molecule has 196 valence electrons. The Morgan fingerprint density at radius 1 is 1.05 bits per heavy atom. The number of hydrogen-bond acceptors (Lipinski definition) is 7. The molecule has 0 N–H and O–H groups in total. The van der Waals surface area contributed by atoms with E-state index >= 15 is 4.39 Å². The van der Waals surface area contributed by atoms with Gasteiger partial charge >= 0.3 is 0 Å². The molecule has 9 nitrogen and oxygen atoms in total. The molecular formula is C28H25F2N9. The summed E-state index contributed by atoms with van der Waals surface area (Å²) in [5.74, 6) is -0.417. The summed E-state index contributed by atoms with van der Waals surface area (Å²) in [6, 6.07) is 9.70. The number of anilines is 1. The molecule has 0 amide bonds. The monoisotopic (exact) mass is 525 g/mol. The zero-order chi connectivity index (χ0) is 26.7. The molecule has 0 aliphatic carbocycles. The number of nitriles is 1. The van der Waals surface area contributed by atoms with Crippen molar-refractivity contribution in [2.45, 2.75) is 25.3 Å². The van der Waals surface area contributed by atoms with E-state index in [-0.39, 0.29) is 11.1 Å². The van der Waals surface area contributed by atoms with Crippen molar-refractivity contribution in [3.63, 3.8) is 0 Å². The highest BCUT2D eigenvalue weighted by Gasteiger charge is 2.31. The van der Waals surface area contributed by atoms with E-state index < -0.39 is 11.6 Å². The van der Waals surface area contributed by atoms with Gasteiger partial charge < -0.3 is 4.90 Å². The van der Waals surface area contributed by atoms with Crippen LogP contribution in [0, 0.1) is 23.0 Å². The number of nitrogens with zero attached hydrogens (tertiary/aromatic N) is 9. The van der Waals surface area contributed by atoms with Gasteiger partial charge in [0.05, 0.1) is 22.5 Å². The lowest BCUT2D eigenvalue weighted by Crippen LogP contribution is -2.53. The zero-order valence-electron chi connectivity index (χ0n) is 21.3. The van der Waals surface area contributed by atoms with Crippen LogP contribution in [0.15, 0.2) is 42.7 Å². The molecule has 2 aliphatic rings. The van der Waals surface area contributed by atoms with Gasteiger partial charge in [0.1, 0.15) is 23.2 Å². The van der Waals surface area contributed by atoms with Gasteiger partial charge in [0.25, 0.3) is 0 Å². The molecule has 2 aromatic carbocycles. The van der Waals surface area contributed by atoms with Crippen LogP contribution in [0.5, 0.6) is 0 Å². The molecule has 39 heavy (non-hydrogen) atoms. The molecular weight excluding hydrogens is 500 g/mol. The summed E-state index contributed by atoms with van der Waals surface area (Å²) in [4.78, 5) is 14.4. The summed E-state index contributed by atoms with van der Waals surface area (Å²) in [7, 11) is 1.71. The number of aromatic nitrogens is 6. The molecule has 0 spiro atoms. The Balaban J connectivity index is 1.44. The molecule has 0 radical (unpaired) electrons. The van der Waals surface area contributed by atoms with Crippen molar-refractivity contribution in [3.8, 4) is 28.6 Å². The third-order valence-electron chi connectivity index (χ3n) is 7.94. The number of aryl methyl sites for hydroxylation is 1. The minimum Gasteiger partial charge on any atom is -0.352 e. The maximum atomic E-state index is 15.7. The quantitative estimate of drug-likeness (QED) is 0.348. The van der Waals surface area contributed by atoms with Crippen molar-refractivity contribution < 1.29 is 8.78 Å². The van der Waals surface area contributed by atoms with Crippen molar-refractivity contribution in [2.75, 3.05) is 31.1 Å². The van der Waals surface area contributed by atoms with Crippen LogP contribution in [0.1, 0.15) is 24.8 Å². The van der Waals surface area contributed by atoms with Gasteiger partial charge in [-0.1, -0.05) is 11.3 Å². The molecule has 0 bridgehead atoms. The number of imidazole rings is 1. The number of fused-ring (bicyclic) bond motifs is 2. The minimum atomic E-state index is -0.658. The maximum Gasteiger partial charge on any atom is 0.181 e. The van der Waals surface area contributed by atoms with E-state index in [0.29, 0.717) is 45.5 Å². The third-order valence-corrected chi connectivity index (χ3v) is 7.94. The number of likely N-dealkylation sites (tertiary alicyclic amines) is 1. The number of halogens is 2. The summed E-state index contributed by atoms with van der Waals surface area (Å²) in [6.45, 7) is 3.94. The van der Waals surface area contributed by atoms with Gasteiger partial charge in [-0.3, -0.25) is 9.30 Å². The highest BCUT2D eigenvalue weighted by Crippen LogP contribution is 2.38. The number of piperidine rings is 1. The third kappa shape index (κ3) is 3.82. The molecule has 5 heterocycles. The number of rotatable bonds is 4. The lowest BCUT2D eigenvalue weighted by atomic mass is 10.0. The highest BCUT2D eigenvalue weighted by atomic mass is 19.1. The molecule has 5 aromatic rings. The van der Waals surface area contributed by atoms with Gasteiger partial charge in [-0.25, -0.2) is 23.4 Å². The first-order valence-electron chi connectivity index (χ1n) is 13.1. The number of benzene rings is 2. The molecule has 2 aliphatic heterocycles. The summed E-state index contributed by atoms with van der Waals surface area (Å²) in [6.07, 6.45) is 6.88. The highest BCUT2D eigenvalue weighted by molar-refractivity contribution is 5.89. The van der Waals surface area contributed by atoms with E-state index in [4.69, 9.17) is 9.97 Å². The second-order valence-electron chi connectivity index (χ2n) is 10.2. The average molecular weight is 526 g/mol. The van der Waals surface area contributed by atoms with Gasteiger partial charge in [0, 0.05) is 55.8 Å². The minimum absolute atomic E-state index is 0.0658. The Bertz CT molecular complexity index is 1780. The molecule has 11 heteroatoms. The Labute approximate surface area is 222 Å². The van der Waals surface area contributed by atoms with E-state index in [1.807, 2.05) is 10.5 Å². The van der Waals surface area contributed by atoms with Crippen LogP contribution >= 0.6 is 0 Å². The Morgan fingerprint density at radius 3 is 2.69 bits per heavy atom. The summed E-state index contributed by atoms with van der Waals surface area (Å²) >= 11 is 0. The Morgan fingerprint density at radius 2 is 1.92 bits per heavy atom. The van der Waals surface area contributed by atoms with Crippen LogP contribution in [0.2, 0.25) is 0 Å². The summed E-state index contributed by atoms with van der Waals surface area (Å²) in [5, 5.41) is 17.4. The predicted molar refractivity (Wildman–Crippen MR) is 142 cm³/mol. The largest absolute Gasteiger partial charge is 0.352 e. The zero-order valence-corrected chi connectivity index (χ0v) is 21.3. The first kappa shape index (κ1) is 23.7. The van der Waals surface area contributed by atoms with Crippen LogP contribution in [0.3, 0.4) is 0 Å². The first-order chi connectivity index (χ1) is 19.0. The number of hydrogen-bond donors (Lipinski definition) is 0. The predicted octanol–water partition coefficient (Wildman–Crippen LogP) is 4.17. The topological polar surface area (TPSA) is 91.2 Å². The van der Waals surface area contributed by atoms with Crippen molar-refractivity contribution >= 4 is 22.5 Å². The van der Waals surface area contributed by atoms with E-state index in [1.165, 1.54) is 29.3 Å². The van der Waals surface area contributed by atoms with E-state index in [9.17, 15) is 9.65 Å². The average Bonchev–Trinajstić information content (AvgIpc) is 3.47. The molecule has 1 atom stereocenters. The van der Waals surface area contributed by atoms with Crippen molar-refractivity contribution in [3.05, 3.63) is 59.9 Å². The smallest absolute Gasteiger partial charge is 0.181 e. The van der Waals surface area contributed by atoms with Gasteiger partial charge in [0.15, 0.2) is 11.5 Å². The van der Waals surface area contributed by atoms with Gasteiger partial charge in [-0.15, -0.1) is 5.10 Å². The standard InChI is InChI=1S/C28H25F2N9/c1-36-24-14-22(30)20(13-23(24)34-35-36)26-25(17-5-6-18(15-31)21(29)12-17)33-28-27(32-7-11-39(26)28)38-8-2-4-19(16-38)37-9-3-10-37/h5-7,11-14,19H,2-4,8-10,16H2,1H3/t19-/m1/s1. The fourth-order valence-electron chi connectivity index (χ4n) is 5.79. The van der Waals surface area contributed by atoms with E-state index in [1.54, 1.807) is 31.6 Å². The van der Waals surface area contributed by atoms with Crippen molar-refractivity contribution in [1.29, 1.82) is 5.26 Å². The van der Waals surface area contributed by atoms with Gasteiger partial charge in [-0.05, 0) is 50.6 Å². The van der Waals surface area contributed by atoms with Crippen LogP contribution < -0.4 is 4.90 Å². The Kier molecular flexibility index (Phi) is 5.52. The van der Waals surface area contributed by atoms with Gasteiger partial charge in [0.2, 0.25) is 0 Å². The molecule has 7 rings (SSSR count). The van der Waals surface area contributed by atoms with E-state index in [0.717, 1.165) is 39.0 Å². The Hall–Kier alpha value is -4.43. The fraction of sp³-hybridized carbons (Fsp3) is 0.321. The second kappa shape index (κ2) is 9.10. The molecule has 0 unspecified atom stereocenters. The molecule has 2 fully saturated rings. The lowest BCUT2D eigenvalue weighted by Gasteiger charge is -2.44.